The lowest BCUT2D eigenvalue weighted by Gasteiger charge is -2.33. The van der Waals surface area contributed by atoms with Crippen molar-refractivity contribution in [2.24, 2.45) is 0 Å². The lowest BCUT2D eigenvalue weighted by molar-refractivity contribution is -0.129. The molecule has 4 aromatic rings. The molecular weight excluding hydrogens is 456 g/mol. The van der Waals surface area contributed by atoms with Crippen LogP contribution in [-0.2, 0) is 9.59 Å². The van der Waals surface area contributed by atoms with Crippen LogP contribution < -0.4 is 20.5 Å². The first-order valence-corrected chi connectivity index (χ1v) is 11.5. The number of hydrogen-bond acceptors (Lipinski definition) is 5. The summed E-state index contributed by atoms with van der Waals surface area (Å²) in [5.74, 6) is -0.844. The van der Waals surface area contributed by atoms with E-state index in [1.165, 1.54) is 11.8 Å². The number of amides is 3. The van der Waals surface area contributed by atoms with Crippen LogP contribution in [0.4, 0.5) is 5.69 Å². The third kappa shape index (κ3) is 4.48. The first-order valence-electron chi connectivity index (χ1n) is 11.5. The third-order valence-corrected chi connectivity index (χ3v) is 6.05. The highest BCUT2D eigenvalue weighted by Gasteiger charge is 2.32. The summed E-state index contributed by atoms with van der Waals surface area (Å²) in [6.07, 6.45) is -0.985. The van der Waals surface area contributed by atoms with Gasteiger partial charge in [0, 0.05) is 17.9 Å². The summed E-state index contributed by atoms with van der Waals surface area (Å²) in [7, 11) is 0. The summed E-state index contributed by atoms with van der Waals surface area (Å²) < 4.78 is 5.80. The molecule has 5 rings (SSSR count). The van der Waals surface area contributed by atoms with E-state index in [1.807, 2.05) is 55.5 Å². The summed E-state index contributed by atoms with van der Waals surface area (Å²) in [6.45, 7) is 3.46. The second kappa shape index (κ2) is 9.50. The Balaban J connectivity index is 1.37. The molecule has 2 N–H and O–H groups in total. The maximum Gasteiger partial charge on any atom is 0.281 e. The number of pyridine rings is 1. The van der Waals surface area contributed by atoms with Gasteiger partial charge in [-0.3, -0.25) is 25.2 Å². The van der Waals surface area contributed by atoms with Gasteiger partial charge in [-0.25, -0.2) is 4.98 Å². The van der Waals surface area contributed by atoms with Crippen LogP contribution in [0.2, 0.25) is 0 Å². The Bertz CT molecular complexity index is 1480. The van der Waals surface area contributed by atoms with Crippen LogP contribution in [-0.4, -0.2) is 35.4 Å². The van der Waals surface area contributed by atoms with Gasteiger partial charge >= 0.3 is 0 Å². The minimum atomic E-state index is -0.985. The van der Waals surface area contributed by atoms with E-state index in [9.17, 15) is 14.4 Å². The van der Waals surface area contributed by atoms with Gasteiger partial charge in [-0.05, 0) is 31.2 Å². The molecule has 0 saturated carbocycles. The lowest BCUT2D eigenvalue weighted by Crippen LogP contribution is -2.54. The molecule has 8 nitrogen and oxygen atoms in total. The van der Waals surface area contributed by atoms with Crippen LogP contribution >= 0.6 is 0 Å². The zero-order valence-electron chi connectivity index (χ0n) is 19.8. The minimum Gasteiger partial charge on any atom is -0.476 e. The number of hydrazine groups is 1. The maximum absolute atomic E-state index is 13.2. The van der Waals surface area contributed by atoms with Crippen LogP contribution in [0.15, 0.2) is 78.9 Å². The van der Waals surface area contributed by atoms with Crippen molar-refractivity contribution < 1.29 is 19.1 Å². The quantitative estimate of drug-likeness (QED) is 0.435. The van der Waals surface area contributed by atoms with E-state index in [-0.39, 0.29) is 12.5 Å². The SMILES string of the molecule is CC(=O)N1CC(C(=O)NNC(=O)c2cc(-c3ccc(C)cc3)nc3ccccc23)Oc2ccccc21. The number of fused-ring (bicyclic) bond motifs is 2. The average Bonchev–Trinajstić information content (AvgIpc) is 2.90. The number of carbonyl (C=O) groups excluding carboxylic acids is 3. The van der Waals surface area contributed by atoms with E-state index in [2.05, 4.69) is 10.9 Å². The predicted octanol–water partition coefficient (Wildman–Crippen LogP) is 3.79. The topological polar surface area (TPSA) is 101 Å². The van der Waals surface area contributed by atoms with Crippen LogP contribution in [0, 0.1) is 6.92 Å². The van der Waals surface area contributed by atoms with Crippen molar-refractivity contribution in [3.8, 4) is 17.0 Å². The number of anilines is 1. The number of rotatable bonds is 3. The molecule has 180 valence electrons. The van der Waals surface area contributed by atoms with Crippen LogP contribution in [0.25, 0.3) is 22.2 Å². The number of aryl methyl sites for hydroxylation is 1. The highest BCUT2D eigenvalue weighted by molar-refractivity contribution is 6.07. The van der Waals surface area contributed by atoms with Gasteiger partial charge in [0.25, 0.3) is 11.8 Å². The van der Waals surface area contributed by atoms with Gasteiger partial charge in [0.2, 0.25) is 5.91 Å². The number of nitrogens with zero attached hydrogens (tertiary/aromatic N) is 2. The number of ether oxygens (including phenoxy) is 1. The largest absolute Gasteiger partial charge is 0.476 e. The van der Waals surface area contributed by atoms with Crippen LogP contribution in [0.1, 0.15) is 22.8 Å². The molecule has 0 bridgehead atoms. The lowest BCUT2D eigenvalue weighted by atomic mass is 10.0. The van der Waals surface area contributed by atoms with E-state index in [0.29, 0.717) is 33.6 Å². The molecule has 1 aliphatic heterocycles. The second-order valence-corrected chi connectivity index (χ2v) is 8.59. The molecule has 0 radical (unpaired) electrons. The Morgan fingerprint density at radius 2 is 1.67 bits per heavy atom. The molecule has 1 unspecified atom stereocenters. The van der Waals surface area contributed by atoms with Gasteiger partial charge in [0.15, 0.2) is 6.10 Å². The van der Waals surface area contributed by atoms with E-state index in [4.69, 9.17) is 9.72 Å². The average molecular weight is 481 g/mol. The van der Waals surface area contributed by atoms with Gasteiger partial charge in [-0.15, -0.1) is 0 Å². The Morgan fingerprint density at radius 3 is 2.44 bits per heavy atom. The molecule has 0 fully saturated rings. The monoisotopic (exact) mass is 480 g/mol. The van der Waals surface area contributed by atoms with Gasteiger partial charge in [-0.2, -0.15) is 0 Å². The zero-order valence-corrected chi connectivity index (χ0v) is 19.8. The Hall–Kier alpha value is -4.72. The number of carbonyl (C=O) groups is 3. The fourth-order valence-corrected chi connectivity index (χ4v) is 4.17. The summed E-state index contributed by atoms with van der Waals surface area (Å²) in [4.78, 5) is 44.4. The highest BCUT2D eigenvalue weighted by Crippen LogP contribution is 2.33. The van der Waals surface area contributed by atoms with E-state index >= 15 is 0 Å². The van der Waals surface area contributed by atoms with E-state index in [0.717, 1.165) is 11.1 Å². The molecule has 2 heterocycles. The molecule has 0 saturated heterocycles. The summed E-state index contributed by atoms with van der Waals surface area (Å²) in [5.41, 5.74) is 9.23. The number of hydrogen-bond donors (Lipinski definition) is 2. The number of aromatic nitrogens is 1. The smallest absolute Gasteiger partial charge is 0.281 e. The molecule has 0 spiro atoms. The molecule has 1 aromatic heterocycles. The van der Waals surface area contributed by atoms with Crippen molar-refractivity contribution in [2.75, 3.05) is 11.4 Å². The molecule has 8 heteroatoms. The van der Waals surface area contributed by atoms with Crippen molar-refractivity contribution >= 4 is 34.3 Å². The molecule has 1 atom stereocenters. The number of para-hydroxylation sites is 3. The summed E-state index contributed by atoms with van der Waals surface area (Å²) in [6, 6.07) is 23.9. The van der Waals surface area contributed by atoms with Gasteiger partial charge in [0.1, 0.15) is 5.75 Å². The number of nitrogens with one attached hydrogen (secondary N) is 2. The van der Waals surface area contributed by atoms with Crippen molar-refractivity contribution in [1.82, 2.24) is 15.8 Å². The number of benzene rings is 3. The fourth-order valence-electron chi connectivity index (χ4n) is 4.17. The first-order chi connectivity index (χ1) is 17.4. The van der Waals surface area contributed by atoms with Gasteiger partial charge in [0.05, 0.1) is 29.0 Å². The molecule has 3 amide bonds. The normalized spacial score (nSPS) is 14.5. The Kier molecular flexibility index (Phi) is 6.08. The van der Waals surface area contributed by atoms with Crippen molar-refractivity contribution in [1.29, 1.82) is 0 Å². The predicted molar refractivity (Wildman–Crippen MR) is 136 cm³/mol. The first kappa shape index (κ1) is 23.0. The Morgan fingerprint density at radius 1 is 0.944 bits per heavy atom. The maximum atomic E-state index is 13.2. The van der Waals surface area contributed by atoms with Crippen LogP contribution in [0.5, 0.6) is 5.75 Å². The highest BCUT2D eigenvalue weighted by atomic mass is 16.5. The minimum absolute atomic E-state index is 0.0316. The van der Waals surface area contributed by atoms with Crippen molar-refractivity contribution in [3.63, 3.8) is 0 Å². The molecule has 1 aliphatic rings. The summed E-state index contributed by atoms with van der Waals surface area (Å²) in [5, 5.41) is 0.658. The Labute approximate surface area is 207 Å². The molecule has 3 aromatic carbocycles. The van der Waals surface area contributed by atoms with E-state index in [1.54, 1.807) is 30.3 Å². The fraction of sp³-hybridized carbons (Fsp3) is 0.143. The molecular formula is C28H24N4O4. The van der Waals surface area contributed by atoms with Gasteiger partial charge in [-0.1, -0.05) is 60.2 Å². The standard InChI is InChI=1S/C28H24N4O4/c1-17-11-13-19(14-12-17)23-15-21(20-7-3-4-8-22(20)29-23)27(34)30-31-28(35)26-16-32(18(2)33)24-9-5-6-10-25(24)36-26/h3-15,26H,16H2,1-2H3,(H,30,34)(H,31,35). The third-order valence-electron chi connectivity index (χ3n) is 6.05. The van der Waals surface area contributed by atoms with Crippen LogP contribution in [0.3, 0.4) is 0 Å². The zero-order chi connectivity index (χ0) is 25.2. The van der Waals surface area contributed by atoms with E-state index < -0.39 is 17.9 Å². The molecule has 36 heavy (non-hydrogen) atoms. The van der Waals surface area contributed by atoms with Gasteiger partial charge < -0.3 is 9.64 Å². The molecule has 0 aliphatic carbocycles. The summed E-state index contributed by atoms with van der Waals surface area (Å²) >= 11 is 0. The second-order valence-electron chi connectivity index (χ2n) is 8.59. The van der Waals surface area contributed by atoms with Crippen molar-refractivity contribution in [2.45, 2.75) is 20.0 Å². The van der Waals surface area contributed by atoms with Crippen molar-refractivity contribution in [3.05, 3.63) is 90.0 Å².